The summed E-state index contributed by atoms with van der Waals surface area (Å²) in [6, 6.07) is 3.91. The molecule has 70 valence electrons. The monoisotopic (exact) mass is 177 g/mol. The molecule has 0 spiro atoms. The molecule has 2 heteroatoms. The van der Waals surface area contributed by atoms with E-state index in [0.29, 0.717) is 5.75 Å². The molecule has 0 aliphatic carbocycles. The van der Waals surface area contributed by atoms with Crippen LogP contribution >= 0.6 is 0 Å². The minimum Gasteiger partial charge on any atom is -0.411 e. The maximum absolute atomic E-state index is 5.14. The van der Waals surface area contributed by atoms with Crippen molar-refractivity contribution in [1.29, 1.82) is 0 Å². The summed E-state index contributed by atoms with van der Waals surface area (Å²) in [5, 5.41) is 0. The van der Waals surface area contributed by atoms with Crippen LogP contribution in [0.15, 0.2) is 18.7 Å². The predicted octanol–water partition coefficient (Wildman–Crippen LogP) is 2.45. The van der Waals surface area contributed by atoms with Crippen LogP contribution in [0, 0.1) is 6.92 Å². The third kappa shape index (κ3) is 1.73. The summed E-state index contributed by atoms with van der Waals surface area (Å²) in [5.41, 5.74) is 3.48. The Morgan fingerprint density at radius 1 is 1.54 bits per heavy atom. The van der Waals surface area contributed by atoms with Gasteiger partial charge in [0.25, 0.3) is 0 Å². The normalized spacial score (nSPS) is 9.77. The molecule has 0 aromatic heterocycles. The molecule has 0 unspecified atom stereocenters. The van der Waals surface area contributed by atoms with Crippen molar-refractivity contribution in [2.24, 2.45) is 5.90 Å². The van der Waals surface area contributed by atoms with E-state index in [-0.39, 0.29) is 0 Å². The molecule has 0 heterocycles. The van der Waals surface area contributed by atoms with E-state index in [0.717, 1.165) is 12.0 Å². The summed E-state index contributed by atoms with van der Waals surface area (Å²) in [6.45, 7) is 7.92. The van der Waals surface area contributed by atoms with Crippen LogP contribution in [0.5, 0.6) is 5.75 Å². The average Bonchev–Trinajstić information content (AvgIpc) is 2.17. The Hall–Kier alpha value is -1.28. The number of rotatable bonds is 3. The van der Waals surface area contributed by atoms with E-state index in [9.17, 15) is 0 Å². The molecule has 13 heavy (non-hydrogen) atoms. The highest BCUT2D eigenvalue weighted by molar-refractivity contribution is 5.61. The Morgan fingerprint density at radius 2 is 2.23 bits per heavy atom. The van der Waals surface area contributed by atoms with Gasteiger partial charge in [-0.15, -0.1) is 0 Å². The van der Waals surface area contributed by atoms with Gasteiger partial charge in [0.2, 0.25) is 0 Å². The molecule has 0 aliphatic rings. The third-order valence-corrected chi connectivity index (χ3v) is 2.30. The van der Waals surface area contributed by atoms with Crippen molar-refractivity contribution >= 4 is 6.08 Å². The summed E-state index contributed by atoms with van der Waals surface area (Å²) < 4.78 is 0. The lowest BCUT2D eigenvalue weighted by atomic mass is 10.00. The van der Waals surface area contributed by atoms with Crippen LogP contribution in [0.25, 0.3) is 6.08 Å². The van der Waals surface area contributed by atoms with Gasteiger partial charge < -0.3 is 4.84 Å². The number of hydrogen-bond donors (Lipinski definition) is 1. The van der Waals surface area contributed by atoms with Gasteiger partial charge in [0, 0.05) is 5.56 Å². The molecular formula is C11H15NO. The van der Waals surface area contributed by atoms with E-state index in [2.05, 4.69) is 20.4 Å². The highest BCUT2D eigenvalue weighted by Crippen LogP contribution is 2.25. The van der Waals surface area contributed by atoms with Crippen LogP contribution in [-0.2, 0) is 6.42 Å². The van der Waals surface area contributed by atoms with E-state index in [4.69, 9.17) is 10.7 Å². The van der Waals surface area contributed by atoms with Crippen molar-refractivity contribution in [3.63, 3.8) is 0 Å². The van der Waals surface area contributed by atoms with Gasteiger partial charge in [0.1, 0.15) is 0 Å². The quantitative estimate of drug-likeness (QED) is 0.720. The van der Waals surface area contributed by atoms with Crippen molar-refractivity contribution in [2.75, 3.05) is 0 Å². The molecule has 0 saturated carbocycles. The first kappa shape index (κ1) is 9.81. The first-order valence-corrected chi connectivity index (χ1v) is 4.36. The fourth-order valence-corrected chi connectivity index (χ4v) is 1.49. The summed E-state index contributed by atoms with van der Waals surface area (Å²) in [7, 11) is 0. The molecule has 0 amide bonds. The van der Waals surface area contributed by atoms with Crippen LogP contribution in [0.3, 0.4) is 0 Å². The zero-order valence-electron chi connectivity index (χ0n) is 8.13. The van der Waals surface area contributed by atoms with Crippen LogP contribution in [-0.4, -0.2) is 0 Å². The second-order valence-corrected chi connectivity index (χ2v) is 2.94. The van der Waals surface area contributed by atoms with Gasteiger partial charge >= 0.3 is 0 Å². The molecule has 0 fully saturated rings. The minimum atomic E-state index is 0.685. The molecule has 1 rings (SSSR count). The molecule has 2 N–H and O–H groups in total. The molecule has 2 nitrogen and oxygen atoms in total. The molecular weight excluding hydrogens is 162 g/mol. The summed E-state index contributed by atoms with van der Waals surface area (Å²) in [5.74, 6) is 5.82. The molecule has 0 radical (unpaired) electrons. The van der Waals surface area contributed by atoms with Crippen LogP contribution in [0.1, 0.15) is 23.6 Å². The highest BCUT2D eigenvalue weighted by atomic mass is 16.6. The minimum absolute atomic E-state index is 0.685. The molecule has 0 aliphatic heterocycles. The van der Waals surface area contributed by atoms with Crippen molar-refractivity contribution in [3.05, 3.63) is 35.4 Å². The van der Waals surface area contributed by atoms with Gasteiger partial charge in [-0.3, -0.25) is 0 Å². The smallest absolute Gasteiger partial charge is 0.154 e. The van der Waals surface area contributed by atoms with Crippen LogP contribution in [0.4, 0.5) is 0 Å². The van der Waals surface area contributed by atoms with Crippen LogP contribution in [0.2, 0.25) is 0 Å². The van der Waals surface area contributed by atoms with Crippen molar-refractivity contribution in [1.82, 2.24) is 0 Å². The molecule has 0 atom stereocenters. The van der Waals surface area contributed by atoms with Crippen molar-refractivity contribution in [2.45, 2.75) is 20.3 Å². The Bertz CT molecular complexity index is 318. The van der Waals surface area contributed by atoms with Gasteiger partial charge in [-0.05, 0) is 30.5 Å². The first-order valence-electron chi connectivity index (χ1n) is 4.36. The van der Waals surface area contributed by atoms with Crippen molar-refractivity contribution < 1.29 is 4.84 Å². The average molecular weight is 177 g/mol. The van der Waals surface area contributed by atoms with Gasteiger partial charge in [-0.25, -0.2) is 0 Å². The molecule has 1 aromatic rings. The SMILES string of the molecule is C=Cc1c(ON)ccc(CC)c1C. The molecule has 0 bridgehead atoms. The zero-order chi connectivity index (χ0) is 9.84. The second-order valence-electron chi connectivity index (χ2n) is 2.94. The Morgan fingerprint density at radius 3 is 2.69 bits per heavy atom. The van der Waals surface area contributed by atoms with Gasteiger partial charge in [-0.1, -0.05) is 25.6 Å². The Kier molecular flexibility index (Phi) is 3.09. The van der Waals surface area contributed by atoms with Crippen molar-refractivity contribution in [3.8, 4) is 5.75 Å². The topological polar surface area (TPSA) is 35.2 Å². The highest BCUT2D eigenvalue weighted by Gasteiger charge is 2.06. The summed E-state index contributed by atoms with van der Waals surface area (Å²) in [4.78, 5) is 4.75. The van der Waals surface area contributed by atoms with Gasteiger partial charge in [0.15, 0.2) is 5.75 Å². The number of benzene rings is 1. The fourth-order valence-electron chi connectivity index (χ4n) is 1.49. The fraction of sp³-hybridized carbons (Fsp3) is 0.273. The lowest BCUT2D eigenvalue weighted by Gasteiger charge is -2.10. The maximum Gasteiger partial charge on any atom is 0.154 e. The number of hydrogen-bond acceptors (Lipinski definition) is 2. The molecule has 0 saturated heterocycles. The summed E-state index contributed by atoms with van der Waals surface area (Å²) >= 11 is 0. The molecule has 1 aromatic carbocycles. The predicted molar refractivity (Wildman–Crippen MR) is 55.5 cm³/mol. The Balaban J connectivity index is 3.31. The van der Waals surface area contributed by atoms with E-state index >= 15 is 0 Å². The van der Waals surface area contributed by atoms with E-state index in [1.165, 1.54) is 11.1 Å². The Labute approximate surface area is 79.0 Å². The van der Waals surface area contributed by atoms with Gasteiger partial charge in [0.05, 0.1) is 0 Å². The summed E-state index contributed by atoms with van der Waals surface area (Å²) in [6.07, 6.45) is 2.79. The van der Waals surface area contributed by atoms with E-state index in [1.807, 2.05) is 12.1 Å². The largest absolute Gasteiger partial charge is 0.411 e. The third-order valence-electron chi connectivity index (χ3n) is 2.30. The first-order chi connectivity index (χ1) is 6.24. The van der Waals surface area contributed by atoms with E-state index < -0.39 is 0 Å². The van der Waals surface area contributed by atoms with Gasteiger partial charge in [-0.2, -0.15) is 5.90 Å². The lowest BCUT2D eigenvalue weighted by Crippen LogP contribution is -2.05. The lowest BCUT2D eigenvalue weighted by molar-refractivity contribution is 0.333. The number of aryl methyl sites for hydroxylation is 1. The zero-order valence-corrected chi connectivity index (χ0v) is 8.13. The number of nitrogens with two attached hydrogens (primary N) is 1. The van der Waals surface area contributed by atoms with Crippen LogP contribution < -0.4 is 10.7 Å². The maximum atomic E-state index is 5.14. The second kappa shape index (κ2) is 4.10. The standard InChI is InChI=1S/C11H15NO/c1-4-9-6-7-11(13-12)10(5-2)8(9)3/h5-7H,2,4,12H2,1,3H3. The van der Waals surface area contributed by atoms with E-state index in [1.54, 1.807) is 6.08 Å².